The summed E-state index contributed by atoms with van der Waals surface area (Å²) in [6.07, 6.45) is 0. The van der Waals surface area contributed by atoms with Gasteiger partial charge in [-0.15, -0.1) is 20.5 Å². The molecule has 0 fully saturated rings. The van der Waals surface area contributed by atoms with Crippen LogP contribution < -0.4 is 59.1 Å². The zero-order valence-electron chi connectivity index (χ0n) is 28.8. The van der Waals surface area contributed by atoms with E-state index >= 15 is 0 Å². The minimum Gasteiger partial charge on any atom is -0.506 e. The van der Waals surface area contributed by atoms with Gasteiger partial charge in [-0.1, -0.05) is 96.5 Å². The molecule has 0 heterocycles. The molecule has 0 saturated heterocycles. The number of hydrogen-bond acceptors (Lipinski definition) is 12. The van der Waals surface area contributed by atoms with E-state index in [9.17, 15) is 43.5 Å². The van der Waals surface area contributed by atoms with Gasteiger partial charge in [0.1, 0.15) is 55.7 Å². The van der Waals surface area contributed by atoms with Gasteiger partial charge in [0.05, 0.1) is 11.0 Å². The first-order chi connectivity index (χ1) is 24.8. The van der Waals surface area contributed by atoms with E-state index < -0.39 is 37.1 Å². The van der Waals surface area contributed by atoms with Crippen LogP contribution in [0.15, 0.2) is 141 Å². The molecule has 0 aliphatic carbocycles. The monoisotopic (exact) mass is 835 g/mol. The molecule has 0 aliphatic rings. The zero-order chi connectivity index (χ0) is 37.2. The standard InChI is InChI=1S/C20H14N2O5S.C16H10ClN3O4.Cr.2Na/c23-16-10-9-12-5-1-2-6-13(12)19(16)21-22-20-15-8-4-3-7-14(15)18(11-17(20)24)28(25,26)27;17-11-7-12(15(22)8-13(11)20(23)24)18-19-16-10-4-2-1-3-9(10)5-6-14(16)21;;;/h1-11,23-24H,(H,25,26,27);1-8,21-22H;;;/q;;;2*+1. The van der Waals surface area contributed by atoms with Crippen LogP contribution in [0.25, 0.3) is 32.3 Å². The number of phenolic OH excluding ortho intramolecular Hbond substituents is 4. The zero-order valence-corrected chi connectivity index (χ0v) is 35.6. The Morgan fingerprint density at radius 3 is 1.49 bits per heavy atom. The van der Waals surface area contributed by atoms with E-state index in [-0.39, 0.29) is 121 Å². The van der Waals surface area contributed by atoms with Gasteiger partial charge in [-0.2, -0.15) is 8.42 Å². The maximum Gasteiger partial charge on any atom is 1.00 e. The molecule has 266 valence electrons. The molecule has 19 heteroatoms. The summed E-state index contributed by atoms with van der Waals surface area (Å²) in [7, 11) is -4.54. The second-order valence-electron chi connectivity index (χ2n) is 11.0. The number of aromatic hydroxyl groups is 4. The largest absolute Gasteiger partial charge is 1.00 e. The fourth-order valence-electron chi connectivity index (χ4n) is 5.29. The molecule has 7 aromatic carbocycles. The Kier molecular flexibility index (Phi) is 15.7. The second kappa shape index (κ2) is 19.1. The molecule has 55 heavy (non-hydrogen) atoms. The molecule has 5 N–H and O–H groups in total. The van der Waals surface area contributed by atoms with Crippen molar-refractivity contribution in [2.75, 3.05) is 0 Å². The van der Waals surface area contributed by atoms with E-state index in [4.69, 9.17) is 11.6 Å². The minimum absolute atomic E-state index is 0. The third-order valence-corrected chi connectivity index (χ3v) is 8.94. The van der Waals surface area contributed by atoms with Gasteiger partial charge in [-0.25, -0.2) is 0 Å². The van der Waals surface area contributed by atoms with Crippen molar-refractivity contribution in [3.8, 4) is 23.0 Å². The Morgan fingerprint density at radius 1 is 0.564 bits per heavy atom. The van der Waals surface area contributed by atoms with Crippen LogP contribution in [0.2, 0.25) is 5.02 Å². The Hall–Kier alpha value is -4.15. The molecule has 0 aromatic heterocycles. The smallest absolute Gasteiger partial charge is 0.506 e. The molecule has 0 bridgehead atoms. The predicted octanol–water partition coefficient (Wildman–Crippen LogP) is 4.30. The van der Waals surface area contributed by atoms with Gasteiger partial charge < -0.3 is 20.4 Å². The number of hydrogen-bond donors (Lipinski definition) is 5. The number of nitro benzene ring substituents is 1. The summed E-state index contributed by atoms with van der Waals surface area (Å²) in [6.45, 7) is 0. The summed E-state index contributed by atoms with van der Waals surface area (Å²) in [5, 5.41) is 70.5. The molecule has 0 unspecified atom stereocenters. The van der Waals surface area contributed by atoms with Gasteiger partial charge in [0.15, 0.2) is 0 Å². The molecular formula is C36H24ClCrN5Na2O9S+2. The van der Waals surface area contributed by atoms with Crippen molar-refractivity contribution in [3.63, 3.8) is 0 Å². The summed E-state index contributed by atoms with van der Waals surface area (Å²) in [6, 6.07) is 30.3. The molecule has 7 aromatic rings. The average molecular weight is 836 g/mol. The number of nitrogens with zero attached hydrogens (tertiary/aromatic N) is 5. The topological polar surface area (TPSA) is 228 Å². The maximum atomic E-state index is 11.6. The molecule has 0 saturated carbocycles. The summed E-state index contributed by atoms with van der Waals surface area (Å²) >= 11 is 5.80. The maximum absolute atomic E-state index is 11.6. The van der Waals surface area contributed by atoms with E-state index in [1.165, 1.54) is 18.2 Å². The summed E-state index contributed by atoms with van der Waals surface area (Å²) in [5.74, 6) is -1.06. The third kappa shape index (κ3) is 10.00. The number of phenols is 4. The molecule has 14 nitrogen and oxygen atoms in total. The third-order valence-electron chi connectivity index (χ3n) is 7.74. The molecular weight excluding hydrogens is 812 g/mol. The first kappa shape index (κ1) is 45.2. The van der Waals surface area contributed by atoms with Crippen LogP contribution in [0.4, 0.5) is 28.4 Å². The second-order valence-corrected chi connectivity index (χ2v) is 12.8. The van der Waals surface area contributed by atoms with Crippen LogP contribution in [0, 0.1) is 10.1 Å². The van der Waals surface area contributed by atoms with Crippen LogP contribution >= 0.6 is 11.6 Å². The van der Waals surface area contributed by atoms with Gasteiger partial charge in [0.25, 0.3) is 15.8 Å². The number of fused-ring (bicyclic) bond motifs is 3. The first-order valence-corrected chi connectivity index (χ1v) is 16.8. The summed E-state index contributed by atoms with van der Waals surface area (Å²) in [5.41, 5.74) is -0.00296. The molecule has 0 amide bonds. The van der Waals surface area contributed by atoms with Crippen molar-refractivity contribution in [2.45, 2.75) is 4.90 Å². The Bertz CT molecular complexity index is 2740. The summed E-state index contributed by atoms with van der Waals surface area (Å²) < 4.78 is 32.7. The summed E-state index contributed by atoms with van der Waals surface area (Å²) in [4.78, 5) is 9.65. The Morgan fingerprint density at radius 2 is 1.00 bits per heavy atom. The van der Waals surface area contributed by atoms with Crippen LogP contribution in [0.3, 0.4) is 0 Å². The van der Waals surface area contributed by atoms with E-state index in [0.717, 1.165) is 29.0 Å². The number of nitro groups is 1. The Balaban J connectivity index is 0.000000283. The van der Waals surface area contributed by atoms with Crippen molar-refractivity contribution >= 4 is 82.5 Å². The van der Waals surface area contributed by atoms with Crippen LogP contribution in [-0.2, 0) is 27.5 Å². The van der Waals surface area contributed by atoms with Gasteiger partial charge in [-0.05, 0) is 29.0 Å². The van der Waals surface area contributed by atoms with Crippen LogP contribution in [-0.4, -0.2) is 38.3 Å². The van der Waals surface area contributed by atoms with E-state index in [0.29, 0.717) is 16.2 Å². The van der Waals surface area contributed by atoms with Crippen molar-refractivity contribution in [1.82, 2.24) is 0 Å². The SMILES string of the molecule is O=S(=O)(O)c1cc(O)c(N=Nc2c(O)ccc3ccccc23)c2ccccc12.O=[N+]([O-])c1cc(O)c(N=Nc2c(O)ccc3ccccc23)cc1Cl.[Cr].[Na+].[Na+]. The van der Waals surface area contributed by atoms with Crippen molar-refractivity contribution < 1.29 is 115 Å². The van der Waals surface area contributed by atoms with Crippen molar-refractivity contribution in [1.29, 1.82) is 0 Å². The van der Waals surface area contributed by atoms with E-state index in [1.54, 1.807) is 54.6 Å². The minimum atomic E-state index is -4.54. The number of rotatable bonds is 6. The number of halogens is 1. The quantitative estimate of drug-likeness (QED) is 0.0528. The molecule has 0 radical (unpaired) electrons. The van der Waals surface area contributed by atoms with Gasteiger partial charge in [0, 0.05) is 45.0 Å². The normalized spacial score (nSPS) is 11.1. The average Bonchev–Trinajstić information content (AvgIpc) is 3.12. The number of benzene rings is 7. The van der Waals surface area contributed by atoms with Gasteiger partial charge >= 0.3 is 59.1 Å². The molecule has 0 atom stereocenters. The fourth-order valence-corrected chi connectivity index (χ4v) is 6.24. The molecule has 7 rings (SSSR count). The van der Waals surface area contributed by atoms with Crippen LogP contribution in [0.1, 0.15) is 0 Å². The van der Waals surface area contributed by atoms with Crippen molar-refractivity contribution in [3.05, 3.63) is 130 Å². The predicted molar refractivity (Wildman–Crippen MR) is 195 cm³/mol. The molecule has 0 aliphatic heterocycles. The number of azo groups is 2. The first-order valence-electron chi connectivity index (χ1n) is 15.0. The van der Waals surface area contributed by atoms with Gasteiger partial charge in [0.2, 0.25) is 0 Å². The van der Waals surface area contributed by atoms with Crippen LogP contribution in [0.5, 0.6) is 23.0 Å². The molecule has 0 spiro atoms. The van der Waals surface area contributed by atoms with E-state index in [2.05, 4.69) is 20.5 Å². The van der Waals surface area contributed by atoms with E-state index in [1.807, 2.05) is 24.3 Å². The Labute approximate surface area is 372 Å². The van der Waals surface area contributed by atoms with Crippen molar-refractivity contribution in [2.24, 2.45) is 20.5 Å². The van der Waals surface area contributed by atoms with Gasteiger partial charge in [-0.3, -0.25) is 14.7 Å². The fraction of sp³-hybridized carbons (Fsp3) is 0.